The largest absolute Gasteiger partial charge is 0.275 e. The molecule has 0 N–H and O–H groups in total. The zero-order chi connectivity index (χ0) is 34.3. The van der Waals surface area contributed by atoms with Gasteiger partial charge in [0.05, 0.1) is 15.9 Å². The fourth-order valence-corrected chi connectivity index (χ4v) is 9.56. The first-order valence-corrected chi connectivity index (χ1v) is 18.5. The first-order valence-electron chi connectivity index (χ1n) is 17.6. The molecule has 0 bridgehead atoms. The number of pyridine rings is 1. The highest BCUT2D eigenvalue weighted by Crippen LogP contribution is 2.41. The van der Waals surface area contributed by atoms with Crippen molar-refractivity contribution in [2.24, 2.45) is 0 Å². The minimum absolute atomic E-state index is 0.0116. The first-order chi connectivity index (χ1) is 25.7. The number of fused-ring (bicyclic) bond motifs is 12. The molecule has 11 aromatic rings. The molecule has 52 heavy (non-hydrogen) atoms. The maximum Gasteiger partial charge on any atom is 0.263 e. The van der Waals surface area contributed by atoms with Gasteiger partial charge in [-0.3, -0.25) is 9.36 Å². The van der Waals surface area contributed by atoms with Crippen LogP contribution in [0.25, 0.3) is 102 Å². The quantitative estimate of drug-likeness (QED) is 0.170. The van der Waals surface area contributed by atoms with Gasteiger partial charge in [0.15, 0.2) is 0 Å². The molecule has 2 nitrogen and oxygen atoms in total. The minimum Gasteiger partial charge on any atom is -0.275 e. The standard InChI is InChI=1S/C49H29NOS/c51-49-41-25-22-33(32-21-24-38-36-15-5-4-13-34(36)35-14-6-7-16-37(35)42(38)27-32)28-43(41)44-29-31(30-11-2-1-3-12-30)23-26-45(44)50(49)46-19-10-18-40-39-17-8-9-20-47(39)52-48(40)46/h1-29H. The van der Waals surface area contributed by atoms with Crippen molar-refractivity contribution in [1.82, 2.24) is 4.57 Å². The van der Waals surface area contributed by atoms with Crippen LogP contribution in [0.15, 0.2) is 181 Å². The Balaban J connectivity index is 1.20. The van der Waals surface area contributed by atoms with Gasteiger partial charge in [0.1, 0.15) is 0 Å². The predicted octanol–water partition coefficient (Wildman–Crippen LogP) is 13.3. The lowest BCUT2D eigenvalue weighted by Crippen LogP contribution is -2.19. The molecule has 0 aliphatic rings. The summed E-state index contributed by atoms with van der Waals surface area (Å²) in [5.41, 5.74) is 6.28. The van der Waals surface area contributed by atoms with Crippen LogP contribution < -0.4 is 5.56 Å². The molecular weight excluding hydrogens is 651 g/mol. The molecule has 0 unspecified atom stereocenters. The molecule has 0 aliphatic heterocycles. The second-order valence-corrected chi connectivity index (χ2v) is 14.7. The predicted molar refractivity (Wildman–Crippen MR) is 223 cm³/mol. The number of hydrogen-bond acceptors (Lipinski definition) is 2. The molecule has 9 aromatic carbocycles. The average molecular weight is 680 g/mol. The maximum absolute atomic E-state index is 14.8. The molecule has 11 rings (SSSR count). The van der Waals surface area contributed by atoms with Crippen molar-refractivity contribution < 1.29 is 0 Å². The number of benzene rings is 9. The van der Waals surface area contributed by atoms with Crippen LogP contribution in [0.5, 0.6) is 0 Å². The molecule has 0 saturated carbocycles. The van der Waals surface area contributed by atoms with Gasteiger partial charge < -0.3 is 0 Å². The smallest absolute Gasteiger partial charge is 0.263 e. The van der Waals surface area contributed by atoms with E-state index in [2.05, 4.69) is 164 Å². The molecule has 3 heteroatoms. The summed E-state index contributed by atoms with van der Waals surface area (Å²) in [7, 11) is 0. The Labute approximate surface area is 303 Å². The number of rotatable bonds is 3. The van der Waals surface area contributed by atoms with Crippen molar-refractivity contribution in [2.45, 2.75) is 0 Å². The van der Waals surface area contributed by atoms with E-state index in [1.54, 1.807) is 11.3 Å². The lowest BCUT2D eigenvalue weighted by Gasteiger charge is -2.16. The zero-order valence-corrected chi connectivity index (χ0v) is 28.8. The molecule has 2 heterocycles. The maximum atomic E-state index is 14.8. The van der Waals surface area contributed by atoms with E-state index in [4.69, 9.17) is 0 Å². The molecule has 0 atom stereocenters. The summed E-state index contributed by atoms with van der Waals surface area (Å²) in [6, 6.07) is 62.4. The van der Waals surface area contributed by atoms with Crippen molar-refractivity contribution in [2.75, 3.05) is 0 Å². The van der Waals surface area contributed by atoms with Gasteiger partial charge in [0.25, 0.3) is 5.56 Å². The highest BCUT2D eigenvalue weighted by Gasteiger charge is 2.18. The van der Waals surface area contributed by atoms with Gasteiger partial charge >= 0.3 is 0 Å². The van der Waals surface area contributed by atoms with Crippen LogP contribution in [-0.4, -0.2) is 4.57 Å². The third kappa shape index (κ3) is 4.27. The zero-order valence-electron chi connectivity index (χ0n) is 28.0. The summed E-state index contributed by atoms with van der Waals surface area (Å²) in [6.07, 6.45) is 0. The van der Waals surface area contributed by atoms with Crippen LogP contribution in [0.4, 0.5) is 0 Å². The first kappa shape index (κ1) is 29.2. The van der Waals surface area contributed by atoms with Gasteiger partial charge in [0, 0.05) is 26.2 Å². The normalized spacial score (nSPS) is 11.9. The van der Waals surface area contributed by atoms with E-state index in [1.807, 2.05) is 16.7 Å². The molecule has 0 radical (unpaired) electrons. The van der Waals surface area contributed by atoms with E-state index in [0.29, 0.717) is 5.39 Å². The Morgan fingerprint density at radius 1 is 0.346 bits per heavy atom. The van der Waals surface area contributed by atoms with Crippen LogP contribution in [0.1, 0.15) is 0 Å². The summed E-state index contributed by atoms with van der Waals surface area (Å²) >= 11 is 1.75. The van der Waals surface area contributed by atoms with Crippen molar-refractivity contribution in [3.8, 4) is 27.9 Å². The van der Waals surface area contributed by atoms with E-state index in [1.165, 1.54) is 47.8 Å². The molecule has 242 valence electrons. The van der Waals surface area contributed by atoms with Gasteiger partial charge in [-0.25, -0.2) is 0 Å². The minimum atomic E-state index is -0.0116. The third-order valence-electron chi connectivity index (χ3n) is 10.8. The highest BCUT2D eigenvalue weighted by molar-refractivity contribution is 7.26. The average Bonchev–Trinajstić information content (AvgIpc) is 3.60. The van der Waals surface area contributed by atoms with Crippen molar-refractivity contribution in [3.63, 3.8) is 0 Å². The summed E-state index contributed by atoms with van der Waals surface area (Å²) < 4.78 is 4.28. The molecule has 0 spiro atoms. The number of thiophene rings is 1. The van der Waals surface area contributed by atoms with Crippen molar-refractivity contribution >= 4 is 85.5 Å². The van der Waals surface area contributed by atoms with Crippen LogP contribution in [0, 0.1) is 0 Å². The fraction of sp³-hybridized carbons (Fsp3) is 0. The Bertz CT molecular complexity index is 3280. The summed E-state index contributed by atoms with van der Waals surface area (Å²) in [5, 5.41) is 12.6. The fourth-order valence-electron chi connectivity index (χ4n) is 8.35. The van der Waals surface area contributed by atoms with Crippen LogP contribution in [-0.2, 0) is 0 Å². The molecule has 0 saturated heterocycles. The summed E-state index contributed by atoms with van der Waals surface area (Å²) in [5.74, 6) is 0. The molecule has 0 amide bonds. The number of hydrogen-bond donors (Lipinski definition) is 0. The third-order valence-corrected chi connectivity index (χ3v) is 12.0. The summed E-state index contributed by atoms with van der Waals surface area (Å²) in [6.45, 7) is 0. The van der Waals surface area contributed by atoms with Gasteiger partial charge in [0.2, 0.25) is 0 Å². The Morgan fingerprint density at radius 3 is 1.56 bits per heavy atom. The van der Waals surface area contributed by atoms with E-state index in [0.717, 1.165) is 48.9 Å². The molecular formula is C49H29NOS. The Morgan fingerprint density at radius 2 is 0.846 bits per heavy atom. The topological polar surface area (TPSA) is 22.0 Å². The summed E-state index contributed by atoms with van der Waals surface area (Å²) in [4.78, 5) is 14.8. The lowest BCUT2D eigenvalue weighted by molar-refractivity contribution is 1.08. The second-order valence-electron chi connectivity index (χ2n) is 13.6. The van der Waals surface area contributed by atoms with E-state index in [9.17, 15) is 4.79 Å². The van der Waals surface area contributed by atoms with Gasteiger partial charge in [-0.05, 0) is 102 Å². The van der Waals surface area contributed by atoms with Crippen molar-refractivity contribution in [3.05, 3.63) is 186 Å². The molecule has 0 aliphatic carbocycles. The van der Waals surface area contributed by atoms with Gasteiger partial charge in [-0.1, -0.05) is 133 Å². The molecule has 0 fully saturated rings. The van der Waals surface area contributed by atoms with Gasteiger partial charge in [-0.15, -0.1) is 11.3 Å². The monoisotopic (exact) mass is 679 g/mol. The van der Waals surface area contributed by atoms with Crippen molar-refractivity contribution in [1.29, 1.82) is 0 Å². The molecule has 2 aromatic heterocycles. The number of aromatic nitrogens is 1. The number of nitrogens with zero attached hydrogens (tertiary/aromatic N) is 1. The van der Waals surface area contributed by atoms with E-state index < -0.39 is 0 Å². The Kier molecular flexibility index (Phi) is 6.31. The highest BCUT2D eigenvalue weighted by atomic mass is 32.1. The Hall–Kier alpha value is -6.55. The van der Waals surface area contributed by atoms with Gasteiger partial charge in [-0.2, -0.15) is 0 Å². The lowest BCUT2D eigenvalue weighted by atomic mass is 9.91. The van der Waals surface area contributed by atoms with E-state index in [-0.39, 0.29) is 5.56 Å². The van der Waals surface area contributed by atoms with Crippen LogP contribution in [0.3, 0.4) is 0 Å². The second kappa shape index (κ2) is 11.2. The van der Waals surface area contributed by atoms with Crippen LogP contribution in [0.2, 0.25) is 0 Å². The SMILES string of the molecule is O=c1c2ccc(-c3ccc4c5ccccc5c5ccccc5c4c3)cc2c2cc(-c3ccccc3)ccc2n1-c1cccc2c1sc1ccccc12. The van der Waals surface area contributed by atoms with Crippen LogP contribution >= 0.6 is 11.3 Å². The van der Waals surface area contributed by atoms with E-state index >= 15 is 0 Å².